The molecule has 1 aromatic carbocycles. The lowest BCUT2D eigenvalue weighted by atomic mass is 9.83. The van der Waals surface area contributed by atoms with E-state index in [4.69, 9.17) is 5.73 Å². The van der Waals surface area contributed by atoms with Gasteiger partial charge in [0, 0.05) is 5.54 Å². The standard InChI is InChI=1S/C15H24N2/c1-13-5-3-4-6-14(13)7-8-15(16)9-11-17(2)12-10-15/h3-6H,7-12,16H2,1-2H3. The number of nitrogens with two attached hydrogens (primary N) is 1. The van der Waals surface area contributed by atoms with E-state index < -0.39 is 0 Å². The first-order valence-electron chi connectivity index (χ1n) is 6.61. The van der Waals surface area contributed by atoms with Crippen LogP contribution in [-0.2, 0) is 6.42 Å². The summed E-state index contributed by atoms with van der Waals surface area (Å²) in [5.74, 6) is 0. The summed E-state index contributed by atoms with van der Waals surface area (Å²) in [4.78, 5) is 2.37. The van der Waals surface area contributed by atoms with Crippen molar-refractivity contribution in [3.05, 3.63) is 35.4 Å². The third kappa shape index (κ3) is 3.30. The molecule has 94 valence electrons. The molecule has 0 spiro atoms. The quantitative estimate of drug-likeness (QED) is 0.867. The first-order chi connectivity index (χ1) is 8.09. The van der Waals surface area contributed by atoms with Crippen molar-refractivity contribution in [2.24, 2.45) is 5.73 Å². The highest BCUT2D eigenvalue weighted by atomic mass is 15.1. The summed E-state index contributed by atoms with van der Waals surface area (Å²) >= 11 is 0. The minimum absolute atomic E-state index is 0.0643. The van der Waals surface area contributed by atoms with Gasteiger partial charge in [-0.15, -0.1) is 0 Å². The average Bonchev–Trinajstić information content (AvgIpc) is 2.33. The molecule has 1 aliphatic rings. The van der Waals surface area contributed by atoms with Crippen LogP contribution in [0.3, 0.4) is 0 Å². The molecule has 2 nitrogen and oxygen atoms in total. The molecule has 17 heavy (non-hydrogen) atoms. The predicted octanol–water partition coefficient (Wildman–Crippen LogP) is 2.35. The molecular formula is C15H24N2. The van der Waals surface area contributed by atoms with Crippen molar-refractivity contribution in [2.45, 2.75) is 38.1 Å². The Balaban J connectivity index is 1.92. The van der Waals surface area contributed by atoms with Gasteiger partial charge in [0.25, 0.3) is 0 Å². The maximum absolute atomic E-state index is 6.49. The molecule has 0 unspecified atom stereocenters. The molecule has 2 heteroatoms. The van der Waals surface area contributed by atoms with Crippen LogP contribution < -0.4 is 5.73 Å². The number of piperidine rings is 1. The van der Waals surface area contributed by atoms with E-state index in [9.17, 15) is 0 Å². The van der Waals surface area contributed by atoms with Crippen LogP contribution in [-0.4, -0.2) is 30.6 Å². The zero-order chi connectivity index (χ0) is 12.3. The van der Waals surface area contributed by atoms with E-state index in [1.165, 1.54) is 11.1 Å². The summed E-state index contributed by atoms with van der Waals surface area (Å²) in [7, 11) is 2.18. The van der Waals surface area contributed by atoms with Crippen LogP contribution in [0.4, 0.5) is 0 Å². The fraction of sp³-hybridized carbons (Fsp3) is 0.600. The molecule has 2 N–H and O–H groups in total. The molecule has 0 aliphatic carbocycles. The summed E-state index contributed by atoms with van der Waals surface area (Å²) < 4.78 is 0. The predicted molar refractivity (Wildman–Crippen MR) is 73.1 cm³/mol. The molecule has 0 amide bonds. The Kier molecular flexibility index (Phi) is 3.85. The van der Waals surface area contributed by atoms with Gasteiger partial charge >= 0.3 is 0 Å². The van der Waals surface area contributed by atoms with Crippen molar-refractivity contribution in [1.82, 2.24) is 4.90 Å². The molecule has 0 aromatic heterocycles. The number of hydrogen-bond donors (Lipinski definition) is 1. The van der Waals surface area contributed by atoms with Crippen LogP contribution in [0.2, 0.25) is 0 Å². The van der Waals surface area contributed by atoms with Crippen molar-refractivity contribution >= 4 is 0 Å². The molecular weight excluding hydrogens is 208 g/mol. The van der Waals surface area contributed by atoms with E-state index in [1.54, 1.807) is 0 Å². The van der Waals surface area contributed by atoms with Crippen molar-refractivity contribution in [1.29, 1.82) is 0 Å². The third-order valence-corrected chi connectivity index (χ3v) is 4.14. The van der Waals surface area contributed by atoms with Gasteiger partial charge in [0.15, 0.2) is 0 Å². The summed E-state index contributed by atoms with van der Waals surface area (Å²) in [5, 5.41) is 0. The number of likely N-dealkylation sites (tertiary alicyclic amines) is 1. The van der Waals surface area contributed by atoms with Crippen LogP contribution in [0, 0.1) is 6.92 Å². The number of aryl methyl sites for hydroxylation is 2. The van der Waals surface area contributed by atoms with Gasteiger partial charge in [-0.1, -0.05) is 24.3 Å². The van der Waals surface area contributed by atoms with Crippen molar-refractivity contribution in [2.75, 3.05) is 20.1 Å². The van der Waals surface area contributed by atoms with Crippen molar-refractivity contribution in [3.8, 4) is 0 Å². The molecule has 0 saturated carbocycles. The van der Waals surface area contributed by atoms with E-state index in [0.29, 0.717) is 0 Å². The van der Waals surface area contributed by atoms with Crippen LogP contribution in [0.1, 0.15) is 30.4 Å². The van der Waals surface area contributed by atoms with Gasteiger partial charge < -0.3 is 10.6 Å². The van der Waals surface area contributed by atoms with Gasteiger partial charge in [-0.05, 0) is 63.9 Å². The molecule has 1 saturated heterocycles. The fourth-order valence-corrected chi connectivity index (χ4v) is 2.59. The molecule has 0 radical (unpaired) electrons. The van der Waals surface area contributed by atoms with Gasteiger partial charge in [-0.3, -0.25) is 0 Å². The average molecular weight is 232 g/mol. The molecule has 1 aromatic rings. The Morgan fingerprint density at radius 3 is 2.53 bits per heavy atom. The topological polar surface area (TPSA) is 29.3 Å². The van der Waals surface area contributed by atoms with Crippen LogP contribution >= 0.6 is 0 Å². The Hall–Kier alpha value is -0.860. The highest BCUT2D eigenvalue weighted by Gasteiger charge is 2.28. The normalized spacial score (nSPS) is 20.4. The summed E-state index contributed by atoms with van der Waals surface area (Å²) in [6, 6.07) is 8.65. The Labute approximate surface area is 105 Å². The fourth-order valence-electron chi connectivity index (χ4n) is 2.59. The zero-order valence-electron chi connectivity index (χ0n) is 11.1. The summed E-state index contributed by atoms with van der Waals surface area (Å²) in [6.07, 6.45) is 4.50. The van der Waals surface area contributed by atoms with E-state index in [2.05, 4.69) is 43.1 Å². The first-order valence-corrected chi connectivity index (χ1v) is 6.61. The zero-order valence-corrected chi connectivity index (χ0v) is 11.1. The van der Waals surface area contributed by atoms with E-state index in [1.807, 2.05) is 0 Å². The van der Waals surface area contributed by atoms with Gasteiger partial charge in [-0.2, -0.15) is 0 Å². The van der Waals surface area contributed by atoms with E-state index in [0.717, 1.165) is 38.8 Å². The molecule has 2 rings (SSSR count). The van der Waals surface area contributed by atoms with Crippen LogP contribution in [0.5, 0.6) is 0 Å². The number of rotatable bonds is 3. The Bertz CT molecular complexity index is 365. The SMILES string of the molecule is Cc1ccccc1CCC1(N)CCN(C)CC1. The highest BCUT2D eigenvalue weighted by Crippen LogP contribution is 2.24. The monoisotopic (exact) mass is 232 g/mol. The Morgan fingerprint density at radius 2 is 1.88 bits per heavy atom. The van der Waals surface area contributed by atoms with Crippen molar-refractivity contribution in [3.63, 3.8) is 0 Å². The van der Waals surface area contributed by atoms with Gasteiger partial charge in [0.2, 0.25) is 0 Å². The van der Waals surface area contributed by atoms with Gasteiger partial charge in [0.05, 0.1) is 0 Å². The second-order valence-corrected chi connectivity index (χ2v) is 5.59. The Morgan fingerprint density at radius 1 is 1.24 bits per heavy atom. The lowest BCUT2D eigenvalue weighted by Crippen LogP contribution is -2.49. The lowest BCUT2D eigenvalue weighted by Gasteiger charge is -2.38. The van der Waals surface area contributed by atoms with Crippen LogP contribution in [0.15, 0.2) is 24.3 Å². The number of hydrogen-bond acceptors (Lipinski definition) is 2. The maximum Gasteiger partial charge on any atom is 0.0181 e. The first kappa shape index (κ1) is 12.6. The molecule has 0 atom stereocenters. The second kappa shape index (κ2) is 5.19. The molecule has 1 fully saturated rings. The third-order valence-electron chi connectivity index (χ3n) is 4.14. The van der Waals surface area contributed by atoms with E-state index in [-0.39, 0.29) is 5.54 Å². The van der Waals surface area contributed by atoms with Gasteiger partial charge in [-0.25, -0.2) is 0 Å². The minimum Gasteiger partial charge on any atom is -0.325 e. The largest absolute Gasteiger partial charge is 0.325 e. The van der Waals surface area contributed by atoms with Crippen molar-refractivity contribution < 1.29 is 0 Å². The lowest BCUT2D eigenvalue weighted by molar-refractivity contribution is 0.182. The number of nitrogens with zero attached hydrogens (tertiary/aromatic N) is 1. The molecule has 1 heterocycles. The second-order valence-electron chi connectivity index (χ2n) is 5.59. The highest BCUT2D eigenvalue weighted by molar-refractivity contribution is 5.25. The van der Waals surface area contributed by atoms with Crippen LogP contribution in [0.25, 0.3) is 0 Å². The molecule has 0 bridgehead atoms. The summed E-state index contributed by atoms with van der Waals surface area (Å²) in [6.45, 7) is 4.47. The molecule has 1 aliphatic heterocycles. The maximum atomic E-state index is 6.49. The smallest absolute Gasteiger partial charge is 0.0181 e. The van der Waals surface area contributed by atoms with E-state index >= 15 is 0 Å². The number of benzene rings is 1. The summed E-state index contributed by atoms with van der Waals surface area (Å²) in [5.41, 5.74) is 9.40. The van der Waals surface area contributed by atoms with Gasteiger partial charge in [0.1, 0.15) is 0 Å². The minimum atomic E-state index is 0.0643.